The van der Waals surface area contributed by atoms with Crippen LogP contribution in [0.1, 0.15) is 18.4 Å². The molecule has 3 N–H and O–H groups in total. The predicted molar refractivity (Wildman–Crippen MR) is 82.7 cm³/mol. The summed E-state index contributed by atoms with van der Waals surface area (Å²) in [7, 11) is 3.29. The number of para-hydroxylation sites is 1. The standard InChI is InChI=1S/C14H21N3O2.ClH/c1-16-13(18)9-10-17(2)14(19)8-7-11-5-3-4-6-12(11)15;/h3-6H,7-10,15H2,1-2H3,(H,16,18);1H. The minimum atomic E-state index is -0.0630. The van der Waals surface area contributed by atoms with Gasteiger partial charge >= 0.3 is 0 Å². The molecule has 0 saturated carbocycles. The molecule has 6 heteroatoms. The fourth-order valence-electron chi connectivity index (χ4n) is 1.71. The van der Waals surface area contributed by atoms with E-state index < -0.39 is 0 Å². The summed E-state index contributed by atoms with van der Waals surface area (Å²) in [6.07, 6.45) is 1.35. The highest BCUT2D eigenvalue weighted by Gasteiger charge is 2.10. The van der Waals surface area contributed by atoms with Crippen molar-refractivity contribution in [3.8, 4) is 0 Å². The normalized spacial score (nSPS) is 9.50. The smallest absolute Gasteiger partial charge is 0.222 e. The van der Waals surface area contributed by atoms with Crippen molar-refractivity contribution in [3.63, 3.8) is 0 Å². The lowest BCUT2D eigenvalue weighted by Crippen LogP contribution is -2.31. The number of hydrogen-bond donors (Lipinski definition) is 2. The number of carbonyl (C=O) groups excluding carboxylic acids is 2. The first-order valence-electron chi connectivity index (χ1n) is 6.32. The van der Waals surface area contributed by atoms with E-state index in [1.807, 2.05) is 24.3 Å². The van der Waals surface area contributed by atoms with Gasteiger partial charge in [-0.15, -0.1) is 12.4 Å². The van der Waals surface area contributed by atoms with Crippen molar-refractivity contribution in [2.75, 3.05) is 26.4 Å². The number of carbonyl (C=O) groups is 2. The molecule has 0 radical (unpaired) electrons. The zero-order chi connectivity index (χ0) is 14.3. The summed E-state index contributed by atoms with van der Waals surface area (Å²) >= 11 is 0. The van der Waals surface area contributed by atoms with Crippen LogP contribution in [0.15, 0.2) is 24.3 Å². The van der Waals surface area contributed by atoms with Gasteiger partial charge in [0.25, 0.3) is 0 Å². The zero-order valence-corrected chi connectivity index (χ0v) is 12.7. The van der Waals surface area contributed by atoms with Gasteiger partial charge in [-0.05, 0) is 18.1 Å². The quantitative estimate of drug-likeness (QED) is 0.776. The van der Waals surface area contributed by atoms with E-state index in [9.17, 15) is 9.59 Å². The predicted octanol–water partition coefficient (Wildman–Crippen LogP) is 1.22. The summed E-state index contributed by atoms with van der Waals surface area (Å²) in [6.45, 7) is 0.433. The van der Waals surface area contributed by atoms with Gasteiger partial charge in [0, 0.05) is 39.2 Å². The number of benzene rings is 1. The van der Waals surface area contributed by atoms with Gasteiger partial charge in [-0.25, -0.2) is 0 Å². The molecule has 0 aliphatic heterocycles. The van der Waals surface area contributed by atoms with E-state index in [-0.39, 0.29) is 24.2 Å². The molecular formula is C14H22ClN3O2. The van der Waals surface area contributed by atoms with Gasteiger partial charge in [-0.2, -0.15) is 0 Å². The summed E-state index contributed by atoms with van der Waals surface area (Å²) in [6, 6.07) is 7.53. The second-order valence-corrected chi connectivity index (χ2v) is 4.44. The molecule has 5 nitrogen and oxygen atoms in total. The molecule has 0 unspecified atom stereocenters. The van der Waals surface area contributed by atoms with E-state index >= 15 is 0 Å². The lowest BCUT2D eigenvalue weighted by Gasteiger charge is -2.16. The maximum absolute atomic E-state index is 11.9. The van der Waals surface area contributed by atoms with Gasteiger partial charge in [0.15, 0.2) is 0 Å². The van der Waals surface area contributed by atoms with Crippen LogP contribution in [0.5, 0.6) is 0 Å². The monoisotopic (exact) mass is 299 g/mol. The number of aryl methyl sites for hydroxylation is 1. The zero-order valence-electron chi connectivity index (χ0n) is 11.9. The van der Waals surface area contributed by atoms with Crippen LogP contribution < -0.4 is 11.1 Å². The van der Waals surface area contributed by atoms with Gasteiger partial charge in [0.2, 0.25) is 11.8 Å². The Morgan fingerprint density at radius 3 is 2.50 bits per heavy atom. The molecule has 1 rings (SSSR count). The molecule has 0 aliphatic rings. The lowest BCUT2D eigenvalue weighted by molar-refractivity contribution is -0.130. The minimum absolute atomic E-state index is 0. The molecule has 1 aromatic carbocycles. The lowest BCUT2D eigenvalue weighted by atomic mass is 10.1. The number of nitrogens with one attached hydrogen (secondary N) is 1. The van der Waals surface area contributed by atoms with Crippen molar-refractivity contribution in [1.29, 1.82) is 0 Å². The number of nitrogens with zero attached hydrogens (tertiary/aromatic N) is 1. The van der Waals surface area contributed by atoms with Crippen LogP contribution in [0.3, 0.4) is 0 Å². The summed E-state index contributed by atoms with van der Waals surface area (Å²) in [5, 5.41) is 2.53. The van der Waals surface area contributed by atoms with E-state index in [1.165, 1.54) is 0 Å². The number of rotatable bonds is 6. The molecule has 2 amide bonds. The third-order valence-electron chi connectivity index (χ3n) is 3.04. The maximum Gasteiger partial charge on any atom is 0.222 e. The minimum Gasteiger partial charge on any atom is -0.399 e. The van der Waals surface area contributed by atoms with E-state index in [0.29, 0.717) is 31.5 Å². The number of nitrogens with two attached hydrogens (primary N) is 1. The van der Waals surface area contributed by atoms with E-state index in [2.05, 4.69) is 5.32 Å². The molecule has 0 aliphatic carbocycles. The summed E-state index contributed by atoms with van der Waals surface area (Å²) in [5.41, 5.74) is 7.51. The summed E-state index contributed by atoms with van der Waals surface area (Å²) in [5.74, 6) is -0.0425. The van der Waals surface area contributed by atoms with Crippen molar-refractivity contribution in [3.05, 3.63) is 29.8 Å². The topological polar surface area (TPSA) is 75.4 Å². The average molecular weight is 300 g/mol. The van der Waals surface area contributed by atoms with Gasteiger partial charge in [-0.3, -0.25) is 9.59 Å². The van der Waals surface area contributed by atoms with Gasteiger partial charge in [-0.1, -0.05) is 18.2 Å². The Balaban J connectivity index is 0.00000361. The highest BCUT2D eigenvalue weighted by molar-refractivity contribution is 5.85. The Labute approximate surface area is 125 Å². The van der Waals surface area contributed by atoms with Crippen LogP contribution in [0, 0.1) is 0 Å². The number of anilines is 1. The van der Waals surface area contributed by atoms with Crippen molar-refractivity contribution >= 4 is 29.9 Å². The van der Waals surface area contributed by atoms with E-state index in [1.54, 1.807) is 19.0 Å². The summed E-state index contributed by atoms with van der Waals surface area (Å²) in [4.78, 5) is 24.6. The van der Waals surface area contributed by atoms with Crippen LogP contribution in [0.2, 0.25) is 0 Å². The molecule has 0 atom stereocenters. The second-order valence-electron chi connectivity index (χ2n) is 4.44. The largest absolute Gasteiger partial charge is 0.399 e. The second kappa shape index (κ2) is 9.20. The van der Waals surface area contributed by atoms with Crippen LogP contribution in [-0.4, -0.2) is 37.4 Å². The molecule has 0 spiro atoms. The van der Waals surface area contributed by atoms with Crippen molar-refractivity contribution in [2.24, 2.45) is 0 Å². The molecular weight excluding hydrogens is 278 g/mol. The Hall–Kier alpha value is -1.75. The van der Waals surface area contributed by atoms with E-state index in [0.717, 1.165) is 5.56 Å². The first-order chi connectivity index (χ1) is 9.04. The number of halogens is 1. The first kappa shape index (κ1) is 18.2. The highest BCUT2D eigenvalue weighted by Crippen LogP contribution is 2.13. The van der Waals surface area contributed by atoms with Crippen molar-refractivity contribution in [2.45, 2.75) is 19.3 Å². The molecule has 0 fully saturated rings. The number of amides is 2. The fraction of sp³-hybridized carbons (Fsp3) is 0.429. The van der Waals surface area contributed by atoms with Gasteiger partial charge < -0.3 is 16.0 Å². The van der Waals surface area contributed by atoms with Crippen molar-refractivity contribution in [1.82, 2.24) is 10.2 Å². The van der Waals surface area contributed by atoms with Gasteiger partial charge in [0.05, 0.1) is 0 Å². The Morgan fingerprint density at radius 1 is 1.25 bits per heavy atom. The third-order valence-corrected chi connectivity index (χ3v) is 3.04. The maximum atomic E-state index is 11.9. The molecule has 0 heterocycles. The Morgan fingerprint density at radius 2 is 1.90 bits per heavy atom. The Bertz CT molecular complexity index is 452. The molecule has 1 aromatic rings. The van der Waals surface area contributed by atoms with Crippen LogP contribution >= 0.6 is 12.4 Å². The van der Waals surface area contributed by atoms with Crippen LogP contribution in [-0.2, 0) is 16.0 Å². The third kappa shape index (κ3) is 5.93. The van der Waals surface area contributed by atoms with Crippen molar-refractivity contribution < 1.29 is 9.59 Å². The molecule has 20 heavy (non-hydrogen) atoms. The fourth-order valence-corrected chi connectivity index (χ4v) is 1.71. The first-order valence-corrected chi connectivity index (χ1v) is 6.32. The highest BCUT2D eigenvalue weighted by atomic mass is 35.5. The molecule has 112 valence electrons. The van der Waals surface area contributed by atoms with Gasteiger partial charge in [0.1, 0.15) is 0 Å². The van der Waals surface area contributed by atoms with E-state index in [4.69, 9.17) is 5.73 Å². The molecule has 0 aromatic heterocycles. The molecule has 0 saturated heterocycles. The summed E-state index contributed by atoms with van der Waals surface area (Å²) < 4.78 is 0. The van der Waals surface area contributed by atoms with Crippen LogP contribution in [0.4, 0.5) is 5.69 Å². The average Bonchev–Trinajstić information content (AvgIpc) is 2.43. The SMILES string of the molecule is CNC(=O)CCN(C)C(=O)CCc1ccccc1N.Cl. The van der Waals surface area contributed by atoms with Crippen LogP contribution in [0.25, 0.3) is 0 Å². The molecule has 0 bridgehead atoms. The number of nitrogen functional groups attached to an aromatic ring is 1. The Kier molecular flexibility index (Phi) is 8.40. The number of hydrogen-bond acceptors (Lipinski definition) is 3.